The lowest BCUT2D eigenvalue weighted by Gasteiger charge is -2.02. The van der Waals surface area contributed by atoms with Gasteiger partial charge in [0.25, 0.3) is 10.0 Å². The van der Waals surface area contributed by atoms with Gasteiger partial charge in [-0.05, 0) is 30.0 Å². The minimum Gasteiger partial charge on any atom is -0.313 e. The molecular formula is C11H15N3O2S3. The average molecular weight is 317 g/mol. The largest absolute Gasteiger partial charge is 0.313 e. The fourth-order valence-corrected chi connectivity index (χ4v) is 4.43. The molecule has 2 rings (SSSR count). The highest BCUT2D eigenvalue weighted by molar-refractivity contribution is 7.94. The Labute approximate surface area is 120 Å². The Morgan fingerprint density at radius 1 is 1.37 bits per heavy atom. The molecule has 0 aromatic carbocycles. The highest BCUT2D eigenvalue weighted by Gasteiger charge is 2.17. The van der Waals surface area contributed by atoms with Crippen molar-refractivity contribution in [2.75, 3.05) is 11.3 Å². The van der Waals surface area contributed by atoms with Crippen molar-refractivity contribution in [2.45, 2.75) is 24.1 Å². The molecule has 0 saturated heterocycles. The SMILES string of the molecule is CCCNCc1csc(S(=O)(=O)Nc2nccs2)c1. The molecule has 0 unspecified atom stereocenters. The van der Waals surface area contributed by atoms with Crippen molar-refractivity contribution in [2.24, 2.45) is 0 Å². The molecule has 0 aliphatic rings. The Balaban J connectivity index is 2.04. The van der Waals surface area contributed by atoms with Gasteiger partial charge in [0.15, 0.2) is 5.13 Å². The van der Waals surface area contributed by atoms with Crippen molar-refractivity contribution in [3.05, 3.63) is 28.6 Å². The Morgan fingerprint density at radius 2 is 2.21 bits per heavy atom. The summed E-state index contributed by atoms with van der Waals surface area (Å²) in [6.07, 6.45) is 2.62. The fraction of sp³-hybridized carbons (Fsp3) is 0.364. The smallest absolute Gasteiger partial charge is 0.273 e. The van der Waals surface area contributed by atoms with E-state index in [2.05, 4.69) is 21.9 Å². The van der Waals surface area contributed by atoms with Gasteiger partial charge in [0.05, 0.1) is 0 Å². The maximum absolute atomic E-state index is 12.1. The number of hydrogen-bond donors (Lipinski definition) is 2. The molecule has 8 heteroatoms. The van der Waals surface area contributed by atoms with E-state index in [1.54, 1.807) is 17.6 Å². The molecule has 2 N–H and O–H groups in total. The van der Waals surface area contributed by atoms with Gasteiger partial charge in [0.1, 0.15) is 4.21 Å². The molecule has 0 spiro atoms. The predicted molar refractivity (Wildman–Crippen MR) is 79.2 cm³/mol. The van der Waals surface area contributed by atoms with Gasteiger partial charge in [-0.15, -0.1) is 22.7 Å². The fourth-order valence-electron chi connectivity index (χ4n) is 1.44. The minimum absolute atomic E-state index is 0.316. The highest BCUT2D eigenvalue weighted by Crippen LogP contribution is 2.23. The molecule has 0 radical (unpaired) electrons. The lowest BCUT2D eigenvalue weighted by molar-refractivity contribution is 0.603. The van der Waals surface area contributed by atoms with Crippen LogP contribution >= 0.6 is 22.7 Å². The molecular weight excluding hydrogens is 302 g/mol. The lowest BCUT2D eigenvalue weighted by atomic mass is 10.3. The summed E-state index contributed by atoms with van der Waals surface area (Å²) < 4.78 is 27.0. The molecule has 2 aromatic rings. The van der Waals surface area contributed by atoms with Crippen molar-refractivity contribution in [3.8, 4) is 0 Å². The van der Waals surface area contributed by atoms with Crippen LogP contribution in [0.1, 0.15) is 18.9 Å². The number of rotatable bonds is 7. The Hall–Kier alpha value is -0.960. The summed E-state index contributed by atoms with van der Waals surface area (Å²) >= 11 is 2.48. The first-order valence-electron chi connectivity index (χ1n) is 5.82. The van der Waals surface area contributed by atoms with E-state index < -0.39 is 10.0 Å². The third-order valence-corrected chi connectivity index (χ3v) is 5.95. The van der Waals surface area contributed by atoms with Gasteiger partial charge in [-0.3, -0.25) is 4.72 Å². The lowest BCUT2D eigenvalue weighted by Crippen LogP contribution is -2.13. The van der Waals surface area contributed by atoms with Gasteiger partial charge in [0, 0.05) is 18.1 Å². The number of aromatic nitrogens is 1. The van der Waals surface area contributed by atoms with E-state index in [0.717, 1.165) is 18.5 Å². The number of thiophene rings is 1. The van der Waals surface area contributed by atoms with Crippen LogP contribution in [0.25, 0.3) is 0 Å². The number of nitrogens with zero attached hydrogens (tertiary/aromatic N) is 1. The molecule has 104 valence electrons. The van der Waals surface area contributed by atoms with Gasteiger partial charge < -0.3 is 5.32 Å². The van der Waals surface area contributed by atoms with Crippen molar-refractivity contribution >= 4 is 37.8 Å². The van der Waals surface area contributed by atoms with Crippen LogP contribution in [0.4, 0.5) is 5.13 Å². The molecule has 0 fully saturated rings. The van der Waals surface area contributed by atoms with Crippen LogP contribution in [0.5, 0.6) is 0 Å². The summed E-state index contributed by atoms with van der Waals surface area (Å²) in [6, 6.07) is 1.70. The zero-order valence-corrected chi connectivity index (χ0v) is 12.9. The van der Waals surface area contributed by atoms with Crippen molar-refractivity contribution < 1.29 is 8.42 Å². The van der Waals surface area contributed by atoms with E-state index in [9.17, 15) is 8.42 Å². The first-order chi connectivity index (χ1) is 9.12. The van der Waals surface area contributed by atoms with Crippen LogP contribution in [-0.4, -0.2) is 19.9 Å². The number of thiazole rings is 1. The monoisotopic (exact) mass is 317 g/mol. The normalized spacial score (nSPS) is 11.6. The van der Waals surface area contributed by atoms with Crippen molar-refractivity contribution in [1.29, 1.82) is 0 Å². The first kappa shape index (κ1) is 14.4. The molecule has 0 saturated carbocycles. The summed E-state index contributed by atoms with van der Waals surface area (Å²) in [5, 5.41) is 7.22. The van der Waals surface area contributed by atoms with Gasteiger partial charge in [-0.25, -0.2) is 13.4 Å². The number of hydrogen-bond acceptors (Lipinski definition) is 6. The molecule has 0 atom stereocenters. The van der Waals surface area contributed by atoms with Crippen LogP contribution in [-0.2, 0) is 16.6 Å². The standard InChI is InChI=1S/C11H15N3O2S3/c1-2-3-12-7-9-6-10(18-8-9)19(15,16)14-11-13-4-5-17-11/h4-6,8,12H,2-3,7H2,1H3,(H,13,14). The van der Waals surface area contributed by atoms with E-state index in [-0.39, 0.29) is 0 Å². The number of nitrogens with one attached hydrogen (secondary N) is 2. The van der Waals surface area contributed by atoms with E-state index in [1.807, 2.05) is 5.38 Å². The molecule has 0 aliphatic heterocycles. The predicted octanol–water partition coefficient (Wildman–Crippen LogP) is 2.51. The Kier molecular flexibility index (Phi) is 4.92. The highest BCUT2D eigenvalue weighted by atomic mass is 32.2. The molecule has 0 amide bonds. The molecule has 2 aromatic heterocycles. The summed E-state index contributed by atoms with van der Waals surface area (Å²) in [5.74, 6) is 0. The first-order valence-corrected chi connectivity index (χ1v) is 9.06. The molecule has 0 aliphatic carbocycles. The zero-order valence-electron chi connectivity index (χ0n) is 10.4. The van der Waals surface area contributed by atoms with Gasteiger partial charge in [-0.2, -0.15) is 0 Å². The molecule has 19 heavy (non-hydrogen) atoms. The second-order valence-electron chi connectivity index (χ2n) is 3.89. The number of anilines is 1. The number of sulfonamides is 1. The minimum atomic E-state index is -3.50. The molecule has 5 nitrogen and oxygen atoms in total. The van der Waals surface area contributed by atoms with Crippen LogP contribution < -0.4 is 10.0 Å². The summed E-state index contributed by atoms with van der Waals surface area (Å²) in [5.41, 5.74) is 0.984. The topological polar surface area (TPSA) is 71.1 Å². The van der Waals surface area contributed by atoms with E-state index in [0.29, 0.717) is 15.9 Å². The third kappa shape index (κ3) is 4.00. The van der Waals surface area contributed by atoms with Gasteiger partial charge in [-0.1, -0.05) is 6.92 Å². The van der Waals surface area contributed by atoms with Gasteiger partial charge in [0.2, 0.25) is 0 Å². The summed E-state index contributed by atoms with van der Waals surface area (Å²) in [6.45, 7) is 3.71. The van der Waals surface area contributed by atoms with Crippen LogP contribution in [0.3, 0.4) is 0 Å². The molecule has 0 bridgehead atoms. The quantitative estimate of drug-likeness (QED) is 0.770. The Bertz CT molecular complexity index is 605. The summed E-state index contributed by atoms with van der Waals surface area (Å²) in [7, 11) is -3.50. The third-order valence-electron chi connectivity index (χ3n) is 2.30. The van der Waals surface area contributed by atoms with Gasteiger partial charge >= 0.3 is 0 Å². The second kappa shape index (κ2) is 6.47. The van der Waals surface area contributed by atoms with Crippen LogP contribution in [0.2, 0.25) is 0 Å². The van der Waals surface area contributed by atoms with E-state index in [1.165, 1.54) is 22.7 Å². The van der Waals surface area contributed by atoms with E-state index >= 15 is 0 Å². The van der Waals surface area contributed by atoms with Crippen LogP contribution in [0, 0.1) is 0 Å². The maximum atomic E-state index is 12.1. The zero-order chi connectivity index (χ0) is 13.7. The van der Waals surface area contributed by atoms with E-state index in [4.69, 9.17) is 0 Å². The molecule has 2 heterocycles. The second-order valence-corrected chi connectivity index (χ2v) is 7.61. The van der Waals surface area contributed by atoms with Crippen molar-refractivity contribution in [3.63, 3.8) is 0 Å². The maximum Gasteiger partial charge on any atom is 0.273 e. The summed E-state index contributed by atoms with van der Waals surface area (Å²) in [4.78, 5) is 3.91. The average Bonchev–Trinajstić information content (AvgIpc) is 3.00. The Morgan fingerprint density at radius 3 is 2.89 bits per heavy atom. The van der Waals surface area contributed by atoms with Crippen LogP contribution in [0.15, 0.2) is 27.2 Å². The van der Waals surface area contributed by atoms with Crippen molar-refractivity contribution in [1.82, 2.24) is 10.3 Å².